The van der Waals surface area contributed by atoms with Crippen LogP contribution in [-0.4, -0.2) is 23.2 Å². The number of nitrogens with two attached hydrogens (primary N) is 1. The van der Waals surface area contributed by atoms with Gasteiger partial charge in [0.15, 0.2) is 5.11 Å². The van der Waals surface area contributed by atoms with Crippen LogP contribution >= 0.6 is 12.2 Å². The Kier molecular flexibility index (Phi) is 2.21. The maximum Gasteiger partial charge on any atom is 0.195 e. The minimum Gasteiger partial charge on any atom is -0.300 e. The van der Waals surface area contributed by atoms with E-state index < -0.39 is 0 Å². The molecule has 0 aliphatic carbocycles. The molecule has 1 fully saturated rings. The van der Waals surface area contributed by atoms with Crippen LogP contribution in [-0.2, 0) is 0 Å². The van der Waals surface area contributed by atoms with Crippen molar-refractivity contribution in [2.75, 3.05) is 13.1 Å². The monoisotopic (exact) mass is 146 g/mol. The van der Waals surface area contributed by atoms with E-state index in [0.29, 0.717) is 5.11 Å². The van der Waals surface area contributed by atoms with Crippen molar-refractivity contribution in [3.63, 3.8) is 0 Å². The fourth-order valence-electron chi connectivity index (χ4n) is 0.604. The normalized spacial score (nSPS) is 18.3. The van der Waals surface area contributed by atoms with Gasteiger partial charge in [-0.2, -0.15) is 0 Å². The third-order valence-electron chi connectivity index (χ3n) is 1.25. The van der Waals surface area contributed by atoms with Crippen LogP contribution in [0.15, 0.2) is 0 Å². The Morgan fingerprint density at radius 2 is 2.22 bits per heavy atom. The summed E-state index contributed by atoms with van der Waals surface area (Å²) in [5.41, 5.74) is 5.24. The summed E-state index contributed by atoms with van der Waals surface area (Å²) in [6.45, 7) is 2.11. The van der Waals surface area contributed by atoms with E-state index in [1.165, 1.54) is 6.42 Å². The minimum atomic E-state index is 0.481. The summed E-state index contributed by atoms with van der Waals surface area (Å²) in [4.78, 5) is 0. The summed E-state index contributed by atoms with van der Waals surface area (Å²) < 4.78 is 0. The maximum atomic E-state index is 5.02. The molecule has 1 rings (SSSR count). The lowest BCUT2D eigenvalue weighted by molar-refractivity contribution is 0.145. The SMILES string of the molecule is NNC(=S)NN1CCC1. The Balaban J connectivity index is 2.09. The van der Waals surface area contributed by atoms with Crippen molar-refractivity contribution in [3.8, 4) is 0 Å². The molecule has 0 saturated carbocycles. The van der Waals surface area contributed by atoms with Gasteiger partial charge in [0, 0.05) is 13.1 Å². The summed E-state index contributed by atoms with van der Waals surface area (Å²) in [6.07, 6.45) is 1.24. The molecule has 0 aromatic rings. The van der Waals surface area contributed by atoms with E-state index in [2.05, 4.69) is 10.9 Å². The molecule has 9 heavy (non-hydrogen) atoms. The van der Waals surface area contributed by atoms with Crippen LogP contribution in [0.3, 0.4) is 0 Å². The lowest BCUT2D eigenvalue weighted by atomic mass is 10.3. The zero-order valence-corrected chi connectivity index (χ0v) is 5.87. The second kappa shape index (κ2) is 2.95. The zero-order chi connectivity index (χ0) is 6.69. The summed E-state index contributed by atoms with van der Waals surface area (Å²) in [5, 5.41) is 2.48. The van der Waals surface area contributed by atoms with Gasteiger partial charge < -0.3 is 0 Å². The predicted octanol–water partition coefficient (Wildman–Crippen LogP) is -1.06. The highest BCUT2D eigenvalue weighted by atomic mass is 32.1. The van der Waals surface area contributed by atoms with Crippen LogP contribution in [0.5, 0.6) is 0 Å². The molecule has 0 amide bonds. The first-order chi connectivity index (χ1) is 4.33. The summed E-state index contributed by atoms with van der Waals surface area (Å²) in [7, 11) is 0. The fourth-order valence-corrected chi connectivity index (χ4v) is 0.733. The van der Waals surface area contributed by atoms with Crippen LogP contribution in [0.2, 0.25) is 0 Å². The summed E-state index contributed by atoms with van der Waals surface area (Å²) >= 11 is 4.74. The number of thiocarbonyl (C=S) groups is 1. The van der Waals surface area contributed by atoms with Crippen LogP contribution in [0.1, 0.15) is 6.42 Å². The quantitative estimate of drug-likeness (QED) is 0.250. The van der Waals surface area contributed by atoms with Gasteiger partial charge in [0.2, 0.25) is 0 Å². The number of rotatable bonds is 1. The molecule has 0 aromatic carbocycles. The van der Waals surface area contributed by atoms with E-state index in [0.717, 1.165) is 13.1 Å². The Morgan fingerprint density at radius 3 is 2.56 bits per heavy atom. The van der Waals surface area contributed by atoms with Gasteiger partial charge in [-0.25, -0.2) is 10.9 Å². The summed E-state index contributed by atoms with van der Waals surface area (Å²) in [6, 6.07) is 0. The van der Waals surface area contributed by atoms with Crippen LogP contribution in [0.4, 0.5) is 0 Å². The molecular weight excluding hydrogens is 136 g/mol. The van der Waals surface area contributed by atoms with Crippen molar-refractivity contribution in [1.82, 2.24) is 15.9 Å². The molecular formula is C4H10N4S. The molecule has 0 aromatic heterocycles. The van der Waals surface area contributed by atoms with E-state index in [9.17, 15) is 0 Å². The largest absolute Gasteiger partial charge is 0.300 e. The van der Waals surface area contributed by atoms with Crippen LogP contribution in [0, 0.1) is 0 Å². The third-order valence-corrected chi connectivity index (χ3v) is 1.46. The van der Waals surface area contributed by atoms with Gasteiger partial charge in [-0.3, -0.25) is 10.9 Å². The molecule has 4 N–H and O–H groups in total. The van der Waals surface area contributed by atoms with Gasteiger partial charge in [-0.05, 0) is 18.6 Å². The number of hydrazine groups is 2. The molecule has 1 aliphatic heterocycles. The molecule has 52 valence electrons. The van der Waals surface area contributed by atoms with E-state index in [1.807, 2.05) is 5.01 Å². The highest BCUT2D eigenvalue weighted by molar-refractivity contribution is 7.80. The van der Waals surface area contributed by atoms with E-state index in [-0.39, 0.29) is 0 Å². The van der Waals surface area contributed by atoms with Crippen molar-refractivity contribution < 1.29 is 0 Å². The molecule has 1 aliphatic rings. The Morgan fingerprint density at radius 1 is 1.56 bits per heavy atom. The Hall–Kier alpha value is -0.390. The van der Waals surface area contributed by atoms with Crippen molar-refractivity contribution in [1.29, 1.82) is 0 Å². The molecule has 0 bridgehead atoms. The van der Waals surface area contributed by atoms with Crippen molar-refractivity contribution >= 4 is 17.3 Å². The second-order valence-electron chi connectivity index (χ2n) is 1.93. The average molecular weight is 146 g/mol. The maximum absolute atomic E-state index is 5.02. The molecule has 0 atom stereocenters. The first-order valence-corrected chi connectivity index (χ1v) is 3.26. The Labute approximate surface area is 59.3 Å². The fraction of sp³-hybridized carbons (Fsp3) is 0.750. The van der Waals surface area contributed by atoms with Crippen molar-refractivity contribution in [3.05, 3.63) is 0 Å². The van der Waals surface area contributed by atoms with Gasteiger partial charge in [0.25, 0.3) is 0 Å². The van der Waals surface area contributed by atoms with Gasteiger partial charge in [0.1, 0.15) is 0 Å². The lowest BCUT2D eigenvalue weighted by Crippen LogP contribution is -2.54. The molecule has 0 unspecified atom stereocenters. The first-order valence-electron chi connectivity index (χ1n) is 2.85. The number of nitrogens with one attached hydrogen (secondary N) is 2. The van der Waals surface area contributed by atoms with Gasteiger partial charge in [-0.1, -0.05) is 0 Å². The standard InChI is InChI=1S/C4H10N4S/c5-6-4(9)7-8-2-1-3-8/h1-3,5H2,(H2,6,7,9). The number of nitrogens with zero attached hydrogens (tertiary/aromatic N) is 1. The molecule has 1 saturated heterocycles. The Bertz CT molecular complexity index is 111. The highest BCUT2D eigenvalue weighted by Gasteiger charge is 2.13. The molecule has 0 spiro atoms. The number of hydrogen-bond donors (Lipinski definition) is 3. The van der Waals surface area contributed by atoms with Gasteiger partial charge >= 0.3 is 0 Å². The number of hydrogen-bond acceptors (Lipinski definition) is 3. The predicted molar refractivity (Wildman–Crippen MR) is 39.2 cm³/mol. The first kappa shape index (κ1) is 6.73. The van der Waals surface area contributed by atoms with Gasteiger partial charge in [0.05, 0.1) is 0 Å². The minimum absolute atomic E-state index is 0.481. The van der Waals surface area contributed by atoms with E-state index in [1.54, 1.807) is 0 Å². The highest BCUT2D eigenvalue weighted by Crippen LogP contribution is 1.99. The van der Waals surface area contributed by atoms with Gasteiger partial charge in [-0.15, -0.1) is 0 Å². The smallest absolute Gasteiger partial charge is 0.195 e. The van der Waals surface area contributed by atoms with E-state index >= 15 is 0 Å². The topological polar surface area (TPSA) is 53.3 Å². The zero-order valence-electron chi connectivity index (χ0n) is 5.05. The second-order valence-corrected chi connectivity index (χ2v) is 2.33. The van der Waals surface area contributed by atoms with Crippen LogP contribution in [0.25, 0.3) is 0 Å². The van der Waals surface area contributed by atoms with Crippen molar-refractivity contribution in [2.45, 2.75) is 6.42 Å². The van der Waals surface area contributed by atoms with Crippen LogP contribution < -0.4 is 16.7 Å². The molecule has 0 radical (unpaired) electrons. The molecule has 1 heterocycles. The molecule has 5 heteroatoms. The lowest BCUT2D eigenvalue weighted by Gasteiger charge is -2.31. The van der Waals surface area contributed by atoms with E-state index in [4.69, 9.17) is 18.1 Å². The average Bonchev–Trinajstić information content (AvgIpc) is 1.78. The molecule has 4 nitrogen and oxygen atoms in total. The summed E-state index contributed by atoms with van der Waals surface area (Å²) in [5.74, 6) is 5.02. The van der Waals surface area contributed by atoms with Crippen molar-refractivity contribution in [2.24, 2.45) is 5.84 Å². The third kappa shape index (κ3) is 1.78.